The topological polar surface area (TPSA) is 58.2 Å². The third-order valence-corrected chi connectivity index (χ3v) is 6.42. The highest BCUT2D eigenvalue weighted by molar-refractivity contribution is 5.94. The number of nitrogens with one attached hydrogen (secondary N) is 2. The second-order valence-electron chi connectivity index (χ2n) is 7.94. The lowest BCUT2D eigenvalue weighted by Gasteiger charge is -2.46. The molecule has 1 heterocycles. The molecule has 1 saturated carbocycles. The Hall–Kier alpha value is -1.84. The molecule has 1 aliphatic heterocycles. The quantitative estimate of drug-likeness (QED) is 0.885. The largest absolute Gasteiger partial charge is 0.353 e. The molecule has 0 radical (unpaired) electrons. The highest BCUT2D eigenvalue weighted by Gasteiger charge is 2.43. The molecule has 0 aromatic heterocycles. The summed E-state index contributed by atoms with van der Waals surface area (Å²) < 4.78 is 0. The average molecular weight is 342 g/mol. The van der Waals surface area contributed by atoms with Gasteiger partial charge in [-0.1, -0.05) is 19.9 Å². The molecule has 2 aliphatic rings. The fourth-order valence-corrected chi connectivity index (χ4v) is 4.66. The van der Waals surface area contributed by atoms with Crippen LogP contribution < -0.4 is 10.6 Å². The number of amides is 2. The zero-order valence-electron chi connectivity index (χ0n) is 15.8. The van der Waals surface area contributed by atoms with Crippen LogP contribution >= 0.6 is 0 Å². The number of rotatable bonds is 3. The third kappa shape index (κ3) is 3.58. The van der Waals surface area contributed by atoms with Gasteiger partial charge in [-0.2, -0.15) is 0 Å². The fourth-order valence-electron chi connectivity index (χ4n) is 4.66. The van der Waals surface area contributed by atoms with Gasteiger partial charge in [-0.05, 0) is 74.6 Å². The lowest BCUT2D eigenvalue weighted by Crippen LogP contribution is -2.58. The van der Waals surface area contributed by atoms with E-state index in [2.05, 4.69) is 31.4 Å². The van der Waals surface area contributed by atoms with E-state index in [9.17, 15) is 9.59 Å². The molecular formula is C21H30N2O2. The maximum Gasteiger partial charge on any atom is 0.251 e. The Labute approximate surface area is 150 Å². The summed E-state index contributed by atoms with van der Waals surface area (Å²) in [5, 5.41) is 6.40. The Kier molecular flexibility index (Phi) is 5.16. The maximum atomic E-state index is 12.6. The van der Waals surface area contributed by atoms with E-state index in [-0.39, 0.29) is 29.8 Å². The van der Waals surface area contributed by atoms with Gasteiger partial charge in [0, 0.05) is 23.6 Å². The van der Waals surface area contributed by atoms with Crippen molar-refractivity contribution in [3.05, 3.63) is 34.9 Å². The van der Waals surface area contributed by atoms with Gasteiger partial charge in [0.1, 0.15) is 0 Å². The molecule has 1 aliphatic carbocycles. The summed E-state index contributed by atoms with van der Waals surface area (Å²) in [5.74, 6) is 1.30. The van der Waals surface area contributed by atoms with Crippen LogP contribution in [0.2, 0.25) is 0 Å². The second-order valence-corrected chi connectivity index (χ2v) is 7.94. The molecule has 136 valence electrons. The molecule has 4 heteroatoms. The van der Waals surface area contributed by atoms with Crippen molar-refractivity contribution in [1.29, 1.82) is 0 Å². The van der Waals surface area contributed by atoms with Crippen LogP contribution in [0.25, 0.3) is 0 Å². The highest BCUT2D eigenvalue weighted by atomic mass is 16.2. The van der Waals surface area contributed by atoms with Gasteiger partial charge in [0.15, 0.2) is 0 Å². The first kappa shape index (κ1) is 18.0. The van der Waals surface area contributed by atoms with E-state index >= 15 is 0 Å². The molecule has 1 aromatic carbocycles. The number of benzene rings is 1. The van der Waals surface area contributed by atoms with Crippen molar-refractivity contribution in [2.24, 2.45) is 17.8 Å². The van der Waals surface area contributed by atoms with Gasteiger partial charge in [0.2, 0.25) is 5.91 Å². The van der Waals surface area contributed by atoms with Gasteiger partial charge in [0.25, 0.3) is 5.91 Å². The molecule has 25 heavy (non-hydrogen) atoms. The van der Waals surface area contributed by atoms with E-state index in [1.165, 1.54) is 5.56 Å². The third-order valence-electron chi connectivity index (χ3n) is 6.42. The Bertz CT molecular complexity index is 670. The summed E-state index contributed by atoms with van der Waals surface area (Å²) in [6, 6.07) is 6.17. The number of carbonyl (C=O) groups excluding carboxylic acids is 2. The van der Waals surface area contributed by atoms with Crippen LogP contribution in [0, 0.1) is 31.6 Å². The Morgan fingerprint density at radius 2 is 2.00 bits per heavy atom. The summed E-state index contributed by atoms with van der Waals surface area (Å²) in [6.45, 7) is 8.39. The van der Waals surface area contributed by atoms with Gasteiger partial charge in [-0.25, -0.2) is 0 Å². The van der Waals surface area contributed by atoms with Crippen molar-refractivity contribution in [2.45, 2.75) is 65.5 Å². The number of carbonyl (C=O) groups is 2. The molecule has 1 saturated heterocycles. The normalized spacial score (nSPS) is 31.8. The van der Waals surface area contributed by atoms with E-state index in [1.54, 1.807) is 0 Å². The molecular weight excluding hydrogens is 312 g/mol. The number of aryl methyl sites for hydroxylation is 2. The van der Waals surface area contributed by atoms with Crippen LogP contribution in [0.15, 0.2) is 18.2 Å². The summed E-state index contributed by atoms with van der Waals surface area (Å²) in [4.78, 5) is 24.9. The summed E-state index contributed by atoms with van der Waals surface area (Å²) >= 11 is 0. The van der Waals surface area contributed by atoms with Crippen LogP contribution in [-0.2, 0) is 4.79 Å². The smallest absolute Gasteiger partial charge is 0.251 e. The maximum absolute atomic E-state index is 12.6. The minimum atomic E-state index is -0.00632. The summed E-state index contributed by atoms with van der Waals surface area (Å²) in [5.41, 5.74) is 3.05. The SMILES string of the molecule is CCC1C(=O)NC2CC(NC(=O)c3ccc(C)c(C)c3)CCC2C1C. The number of hydrogen-bond donors (Lipinski definition) is 2. The minimum Gasteiger partial charge on any atom is -0.353 e. The van der Waals surface area contributed by atoms with Crippen LogP contribution in [0.1, 0.15) is 61.0 Å². The molecule has 2 N–H and O–H groups in total. The van der Waals surface area contributed by atoms with Crippen molar-refractivity contribution in [1.82, 2.24) is 10.6 Å². The van der Waals surface area contributed by atoms with E-state index in [0.717, 1.165) is 36.8 Å². The lowest BCUT2D eigenvalue weighted by molar-refractivity contribution is -0.133. The van der Waals surface area contributed by atoms with Crippen molar-refractivity contribution in [2.75, 3.05) is 0 Å². The first-order valence-corrected chi connectivity index (χ1v) is 9.59. The van der Waals surface area contributed by atoms with E-state index in [0.29, 0.717) is 11.8 Å². The standard InChI is InChI=1S/C21H30N2O2/c1-5-17-14(4)18-9-8-16(11-19(18)23-21(17)25)22-20(24)15-7-6-12(2)13(3)10-15/h6-7,10,14,16-19H,5,8-9,11H2,1-4H3,(H,22,24)(H,23,25). The first-order valence-electron chi connectivity index (χ1n) is 9.59. The van der Waals surface area contributed by atoms with Crippen LogP contribution in [0.3, 0.4) is 0 Å². The Morgan fingerprint density at radius 1 is 1.24 bits per heavy atom. The number of piperidine rings is 1. The zero-order chi connectivity index (χ0) is 18.1. The second kappa shape index (κ2) is 7.19. The van der Waals surface area contributed by atoms with Gasteiger partial charge < -0.3 is 10.6 Å². The highest BCUT2D eigenvalue weighted by Crippen LogP contribution is 2.38. The fraction of sp³-hybridized carbons (Fsp3) is 0.619. The van der Waals surface area contributed by atoms with E-state index in [4.69, 9.17) is 0 Å². The monoisotopic (exact) mass is 342 g/mol. The van der Waals surface area contributed by atoms with Crippen molar-refractivity contribution in [3.63, 3.8) is 0 Å². The molecule has 0 bridgehead atoms. The van der Waals surface area contributed by atoms with Crippen molar-refractivity contribution < 1.29 is 9.59 Å². The number of fused-ring (bicyclic) bond motifs is 1. The molecule has 3 rings (SSSR count). The average Bonchev–Trinajstić information content (AvgIpc) is 2.57. The van der Waals surface area contributed by atoms with Crippen LogP contribution in [0.4, 0.5) is 0 Å². The van der Waals surface area contributed by atoms with Crippen LogP contribution in [-0.4, -0.2) is 23.9 Å². The van der Waals surface area contributed by atoms with Gasteiger partial charge in [-0.3, -0.25) is 9.59 Å². The van der Waals surface area contributed by atoms with Gasteiger partial charge in [-0.15, -0.1) is 0 Å². The molecule has 0 spiro atoms. The molecule has 4 nitrogen and oxygen atoms in total. The Balaban J connectivity index is 1.64. The lowest BCUT2D eigenvalue weighted by atomic mass is 9.67. The van der Waals surface area contributed by atoms with Crippen LogP contribution in [0.5, 0.6) is 0 Å². The van der Waals surface area contributed by atoms with Crippen molar-refractivity contribution in [3.8, 4) is 0 Å². The predicted molar refractivity (Wildman–Crippen MR) is 99.4 cm³/mol. The molecule has 5 atom stereocenters. The first-order chi connectivity index (χ1) is 11.9. The molecule has 5 unspecified atom stereocenters. The molecule has 1 aromatic rings. The molecule has 2 amide bonds. The van der Waals surface area contributed by atoms with E-state index < -0.39 is 0 Å². The van der Waals surface area contributed by atoms with E-state index in [1.807, 2.05) is 25.1 Å². The minimum absolute atomic E-state index is 0.00632. The zero-order valence-corrected chi connectivity index (χ0v) is 15.8. The van der Waals surface area contributed by atoms with Gasteiger partial charge >= 0.3 is 0 Å². The Morgan fingerprint density at radius 3 is 2.68 bits per heavy atom. The summed E-state index contributed by atoms with van der Waals surface area (Å²) in [7, 11) is 0. The summed E-state index contributed by atoms with van der Waals surface area (Å²) in [6.07, 6.45) is 3.81. The van der Waals surface area contributed by atoms with Crippen molar-refractivity contribution >= 4 is 11.8 Å². The number of hydrogen-bond acceptors (Lipinski definition) is 2. The molecule has 2 fully saturated rings. The van der Waals surface area contributed by atoms with Gasteiger partial charge in [0.05, 0.1) is 0 Å². The predicted octanol–water partition coefficient (Wildman–Crippen LogP) is 3.36.